The summed E-state index contributed by atoms with van der Waals surface area (Å²) < 4.78 is 47.6. The lowest BCUT2D eigenvalue weighted by molar-refractivity contribution is -0.142. The summed E-state index contributed by atoms with van der Waals surface area (Å²) in [5.74, 6) is -1.60. The fourth-order valence-corrected chi connectivity index (χ4v) is 6.45. The van der Waals surface area contributed by atoms with Crippen LogP contribution in [0.5, 0.6) is 5.88 Å². The fourth-order valence-electron chi connectivity index (χ4n) is 5.22. The van der Waals surface area contributed by atoms with Gasteiger partial charge in [0.1, 0.15) is 11.6 Å². The molecule has 0 aliphatic carbocycles. The van der Waals surface area contributed by atoms with E-state index in [2.05, 4.69) is 15.2 Å². The van der Waals surface area contributed by atoms with Gasteiger partial charge in [-0.2, -0.15) is 28.4 Å². The number of alkyl halides is 3. The van der Waals surface area contributed by atoms with Crippen LogP contribution in [0.3, 0.4) is 0 Å². The zero-order valence-corrected chi connectivity index (χ0v) is 26.2. The molecule has 0 bridgehead atoms. The zero-order valence-electron chi connectivity index (χ0n) is 24.6. The minimum Gasteiger partial charge on any atom is -0.492 e. The van der Waals surface area contributed by atoms with E-state index in [1.165, 1.54) is 18.3 Å². The topological polar surface area (TPSA) is 128 Å². The van der Waals surface area contributed by atoms with E-state index in [4.69, 9.17) is 16.3 Å². The highest BCUT2D eigenvalue weighted by Crippen LogP contribution is 2.40. The van der Waals surface area contributed by atoms with Gasteiger partial charge in [-0.05, 0) is 61.4 Å². The number of halogens is 4. The SMILES string of the molecule is CN(c1nc(O)c(C(Cc2ccc(Cl)cc2C(F)(F)F)=c2ccc3c(c2)C=NN=3)s1)C1CC(C(=O)O)N(C(=O)OC(C)(C)C)C1. The lowest BCUT2D eigenvalue weighted by atomic mass is 9.96. The predicted molar refractivity (Wildman–Crippen MR) is 162 cm³/mol. The molecule has 5 rings (SSSR count). The number of aliphatic carboxylic acids is 1. The highest BCUT2D eigenvalue weighted by molar-refractivity contribution is 7.17. The van der Waals surface area contributed by atoms with Crippen molar-refractivity contribution in [3.8, 4) is 5.88 Å². The molecule has 3 heterocycles. The number of likely N-dealkylation sites (tertiary alicyclic amines) is 1. The van der Waals surface area contributed by atoms with Crippen LogP contribution < -0.4 is 15.5 Å². The molecule has 2 N–H and O–H groups in total. The molecule has 10 nitrogen and oxygen atoms in total. The average Bonchev–Trinajstić information content (AvgIpc) is 3.68. The number of aromatic hydroxyl groups is 1. The number of amides is 1. The number of benzene rings is 2. The maximum Gasteiger partial charge on any atom is 0.416 e. The van der Waals surface area contributed by atoms with Gasteiger partial charge in [0.2, 0.25) is 5.88 Å². The summed E-state index contributed by atoms with van der Waals surface area (Å²) in [6.07, 6.45) is -4.08. The minimum absolute atomic E-state index is 0.0159. The van der Waals surface area contributed by atoms with E-state index in [0.29, 0.717) is 21.7 Å². The molecule has 0 radical (unpaired) electrons. The second-order valence-electron chi connectivity index (χ2n) is 11.7. The maximum absolute atomic E-state index is 14.1. The Labute approximate surface area is 264 Å². The number of fused-ring (bicyclic) bond motifs is 1. The Morgan fingerprint density at radius 2 is 1.91 bits per heavy atom. The molecule has 2 unspecified atom stereocenters. The Bertz CT molecular complexity index is 1820. The maximum atomic E-state index is 14.1. The van der Waals surface area contributed by atoms with E-state index in [1.54, 1.807) is 50.9 Å². The van der Waals surface area contributed by atoms with Crippen molar-refractivity contribution in [3.05, 3.63) is 73.6 Å². The molecule has 15 heteroatoms. The summed E-state index contributed by atoms with van der Waals surface area (Å²) in [4.78, 5) is 32.2. The molecule has 2 atom stereocenters. The number of carbonyl (C=O) groups is 2. The molecule has 3 aromatic rings. The number of likely N-dealkylation sites (N-methyl/N-ethyl adjacent to an activating group) is 1. The van der Waals surface area contributed by atoms with Gasteiger partial charge in [0.25, 0.3) is 0 Å². The van der Waals surface area contributed by atoms with Gasteiger partial charge < -0.3 is 19.8 Å². The Morgan fingerprint density at radius 1 is 1.18 bits per heavy atom. The van der Waals surface area contributed by atoms with Crippen molar-refractivity contribution in [2.45, 2.75) is 57.5 Å². The van der Waals surface area contributed by atoms with Crippen molar-refractivity contribution in [2.75, 3.05) is 18.5 Å². The Kier molecular flexibility index (Phi) is 8.57. The smallest absolute Gasteiger partial charge is 0.416 e. The number of aromatic nitrogens is 1. The Balaban J connectivity index is 1.54. The number of carboxylic acid groups (broad SMARTS) is 1. The summed E-state index contributed by atoms with van der Waals surface area (Å²) in [6.45, 7) is 5.05. The van der Waals surface area contributed by atoms with Gasteiger partial charge in [0.15, 0.2) is 5.13 Å². The molecular weight excluding hydrogens is 635 g/mol. The lowest BCUT2D eigenvalue weighted by Gasteiger charge is -2.27. The first-order chi connectivity index (χ1) is 21.0. The van der Waals surface area contributed by atoms with Crippen molar-refractivity contribution in [2.24, 2.45) is 10.2 Å². The van der Waals surface area contributed by atoms with Crippen molar-refractivity contribution in [1.82, 2.24) is 9.88 Å². The van der Waals surface area contributed by atoms with Crippen LogP contribution in [0.25, 0.3) is 5.57 Å². The first-order valence-electron chi connectivity index (χ1n) is 13.8. The molecule has 2 aliphatic rings. The first kappa shape index (κ1) is 32.2. The second-order valence-corrected chi connectivity index (χ2v) is 13.1. The summed E-state index contributed by atoms with van der Waals surface area (Å²) in [7, 11) is 1.65. The number of ether oxygens (including phenoxy) is 1. The van der Waals surface area contributed by atoms with E-state index in [1.807, 2.05) is 0 Å². The third-order valence-corrected chi connectivity index (χ3v) is 8.83. The van der Waals surface area contributed by atoms with Gasteiger partial charge in [0, 0.05) is 37.0 Å². The van der Waals surface area contributed by atoms with E-state index < -0.39 is 47.4 Å². The molecule has 1 saturated heterocycles. The lowest BCUT2D eigenvalue weighted by Crippen LogP contribution is -2.44. The third-order valence-electron chi connectivity index (χ3n) is 7.40. The van der Waals surface area contributed by atoms with Crippen molar-refractivity contribution in [3.63, 3.8) is 0 Å². The van der Waals surface area contributed by atoms with E-state index in [-0.39, 0.29) is 40.0 Å². The van der Waals surface area contributed by atoms with Crippen LogP contribution in [-0.2, 0) is 22.1 Å². The van der Waals surface area contributed by atoms with Crippen LogP contribution in [0.1, 0.15) is 48.8 Å². The van der Waals surface area contributed by atoms with E-state index >= 15 is 0 Å². The molecule has 45 heavy (non-hydrogen) atoms. The van der Waals surface area contributed by atoms with Crippen molar-refractivity contribution >= 4 is 51.9 Å². The fraction of sp³-hybridized carbons (Fsp3) is 0.367. The highest BCUT2D eigenvalue weighted by Gasteiger charge is 2.43. The average molecular weight is 664 g/mol. The van der Waals surface area contributed by atoms with Gasteiger partial charge in [-0.25, -0.2) is 9.59 Å². The summed E-state index contributed by atoms with van der Waals surface area (Å²) in [6, 6.07) is 6.98. The number of hydrogen-bond acceptors (Lipinski definition) is 9. The Hall–Kier alpha value is -4.17. The molecule has 0 saturated carbocycles. The van der Waals surface area contributed by atoms with Gasteiger partial charge in [-0.1, -0.05) is 35.1 Å². The number of thiazole rings is 1. The predicted octanol–water partition coefficient (Wildman–Crippen LogP) is 4.83. The third kappa shape index (κ3) is 6.91. The van der Waals surface area contributed by atoms with Gasteiger partial charge in [-0.3, -0.25) is 4.90 Å². The molecule has 2 aliphatic heterocycles. The van der Waals surface area contributed by atoms with Crippen LogP contribution in [0.4, 0.5) is 23.1 Å². The summed E-state index contributed by atoms with van der Waals surface area (Å²) >= 11 is 6.96. The molecule has 2 aromatic carbocycles. The molecule has 0 spiro atoms. The zero-order chi connectivity index (χ0) is 32.8. The largest absolute Gasteiger partial charge is 0.492 e. The number of carbonyl (C=O) groups excluding carboxylic acids is 1. The van der Waals surface area contributed by atoms with Gasteiger partial charge >= 0.3 is 18.2 Å². The first-order valence-corrected chi connectivity index (χ1v) is 15.0. The van der Waals surface area contributed by atoms with Crippen LogP contribution in [-0.4, -0.2) is 69.7 Å². The number of hydrogen-bond donors (Lipinski definition) is 2. The van der Waals surface area contributed by atoms with Crippen LogP contribution in [0.15, 0.2) is 46.6 Å². The number of anilines is 1. The second kappa shape index (κ2) is 12.0. The molecule has 1 amide bonds. The van der Waals surface area contributed by atoms with E-state index in [9.17, 15) is 33.0 Å². The van der Waals surface area contributed by atoms with E-state index in [0.717, 1.165) is 22.3 Å². The van der Waals surface area contributed by atoms with Crippen LogP contribution in [0.2, 0.25) is 5.02 Å². The van der Waals surface area contributed by atoms with Gasteiger partial charge in [-0.15, -0.1) is 0 Å². The molecule has 238 valence electrons. The number of carboxylic acids is 1. The number of nitrogens with zero attached hydrogens (tertiary/aromatic N) is 5. The van der Waals surface area contributed by atoms with Gasteiger partial charge in [0.05, 0.1) is 28.1 Å². The standard InChI is InChI=1S/C30H29ClF3N5O5S/c1-29(2,3)44-28(43)39-14-19(12-23(39)26(41)42)38(4)27-36-25(40)24(45-27)20(15-6-8-22-17(9-15)13-35-37-22)10-16-5-7-18(31)11-21(16)30(32,33)34/h5-9,11,13,19,23,40H,10,12,14H2,1-4H3,(H,41,42). The van der Waals surface area contributed by atoms with Crippen molar-refractivity contribution < 1.29 is 37.7 Å². The highest BCUT2D eigenvalue weighted by atomic mass is 35.5. The summed E-state index contributed by atoms with van der Waals surface area (Å²) in [5, 5.41) is 30.2. The van der Waals surface area contributed by atoms with Crippen molar-refractivity contribution in [1.29, 1.82) is 0 Å². The number of rotatable bonds is 6. The van der Waals surface area contributed by atoms with Crippen LogP contribution >= 0.6 is 22.9 Å². The van der Waals surface area contributed by atoms with Crippen LogP contribution in [0, 0.1) is 0 Å². The normalized spacial score (nSPS) is 18.4. The molecule has 1 fully saturated rings. The Morgan fingerprint density at radius 3 is 2.58 bits per heavy atom. The monoisotopic (exact) mass is 663 g/mol. The quantitative estimate of drug-likeness (QED) is 0.387. The molecular formula is C30H29ClF3N5O5S. The summed E-state index contributed by atoms with van der Waals surface area (Å²) in [5.41, 5.74) is -0.770. The minimum atomic E-state index is -4.68. The molecule has 1 aromatic heterocycles.